The summed E-state index contributed by atoms with van der Waals surface area (Å²) in [6.45, 7) is 6.03. The van der Waals surface area contributed by atoms with E-state index in [-0.39, 0.29) is 0 Å². The van der Waals surface area contributed by atoms with Crippen molar-refractivity contribution in [1.29, 1.82) is 0 Å². The second-order valence-electron chi connectivity index (χ2n) is 10.1. The quantitative estimate of drug-likeness (QED) is 0.194. The van der Waals surface area contributed by atoms with Gasteiger partial charge in [-0.15, -0.1) is 0 Å². The molecule has 0 aromatic heterocycles. The van der Waals surface area contributed by atoms with Gasteiger partial charge in [0.2, 0.25) is 0 Å². The fourth-order valence-electron chi connectivity index (χ4n) is 5.18. The summed E-state index contributed by atoms with van der Waals surface area (Å²) in [7, 11) is 0. The van der Waals surface area contributed by atoms with Gasteiger partial charge in [0.1, 0.15) is 0 Å². The third kappa shape index (κ3) is 5.68. The van der Waals surface area contributed by atoms with Crippen molar-refractivity contribution in [3.05, 3.63) is 175 Å². The predicted octanol–water partition coefficient (Wildman–Crippen LogP) is 11.2. The van der Waals surface area contributed by atoms with Gasteiger partial charge in [-0.3, -0.25) is 0 Å². The van der Waals surface area contributed by atoms with Gasteiger partial charge in [-0.05, 0) is 102 Å². The average Bonchev–Trinajstić information content (AvgIpc) is 3.04. The van der Waals surface area contributed by atoms with Crippen LogP contribution in [0.3, 0.4) is 0 Å². The van der Waals surface area contributed by atoms with Crippen LogP contribution in [0.15, 0.2) is 164 Å². The molecule has 2 heteroatoms. The topological polar surface area (TPSA) is 6.48 Å². The van der Waals surface area contributed by atoms with Crippen molar-refractivity contribution >= 4 is 40.2 Å². The average molecular weight is 529 g/mol. The summed E-state index contributed by atoms with van der Waals surface area (Å²) in [5.74, 6) is 0. The SMILES string of the molecule is C=Cc1ccc(N(c2ccccc2)c2ccc(-c3ccc(N(c4ccccc4)c4cccc(C)c4)cc3)cc2)cc1. The van der Waals surface area contributed by atoms with Crippen LogP contribution in [-0.2, 0) is 0 Å². The van der Waals surface area contributed by atoms with Gasteiger partial charge >= 0.3 is 0 Å². The highest BCUT2D eigenvalue weighted by molar-refractivity contribution is 5.81. The molecule has 0 saturated carbocycles. The zero-order valence-electron chi connectivity index (χ0n) is 23.2. The molecule has 0 amide bonds. The van der Waals surface area contributed by atoms with Crippen LogP contribution in [-0.4, -0.2) is 0 Å². The molecule has 0 aliphatic heterocycles. The molecule has 0 fully saturated rings. The third-order valence-electron chi connectivity index (χ3n) is 7.26. The van der Waals surface area contributed by atoms with Crippen molar-refractivity contribution in [2.45, 2.75) is 6.92 Å². The molecular formula is C39H32N2. The summed E-state index contributed by atoms with van der Waals surface area (Å²) in [4.78, 5) is 4.58. The summed E-state index contributed by atoms with van der Waals surface area (Å²) < 4.78 is 0. The van der Waals surface area contributed by atoms with Crippen LogP contribution in [0, 0.1) is 6.92 Å². The smallest absolute Gasteiger partial charge is 0.0464 e. The molecule has 6 aromatic rings. The lowest BCUT2D eigenvalue weighted by Crippen LogP contribution is -2.10. The van der Waals surface area contributed by atoms with Crippen LogP contribution < -0.4 is 9.80 Å². The Morgan fingerprint density at radius 3 is 1.24 bits per heavy atom. The Labute approximate surface area is 243 Å². The second-order valence-corrected chi connectivity index (χ2v) is 10.1. The largest absolute Gasteiger partial charge is 0.311 e. The number of anilines is 6. The molecule has 0 radical (unpaired) electrons. The minimum atomic E-state index is 1.11. The number of aryl methyl sites for hydroxylation is 1. The van der Waals surface area contributed by atoms with Crippen LogP contribution in [0.5, 0.6) is 0 Å². The highest BCUT2D eigenvalue weighted by atomic mass is 15.1. The van der Waals surface area contributed by atoms with E-state index in [0.29, 0.717) is 0 Å². The summed E-state index contributed by atoms with van der Waals surface area (Å²) in [5, 5.41) is 0. The van der Waals surface area contributed by atoms with Crippen LogP contribution >= 0.6 is 0 Å². The second kappa shape index (κ2) is 11.8. The monoisotopic (exact) mass is 528 g/mol. The molecular weight excluding hydrogens is 496 g/mol. The molecule has 2 nitrogen and oxygen atoms in total. The van der Waals surface area contributed by atoms with E-state index in [1.807, 2.05) is 12.1 Å². The van der Waals surface area contributed by atoms with Gasteiger partial charge < -0.3 is 9.80 Å². The zero-order chi connectivity index (χ0) is 28.0. The molecule has 0 N–H and O–H groups in total. The van der Waals surface area contributed by atoms with Gasteiger partial charge in [0.15, 0.2) is 0 Å². The summed E-state index contributed by atoms with van der Waals surface area (Å²) in [5.41, 5.74) is 11.4. The molecule has 0 spiro atoms. The van der Waals surface area contributed by atoms with Crippen molar-refractivity contribution in [2.75, 3.05) is 9.80 Å². The lowest BCUT2D eigenvalue weighted by Gasteiger charge is -2.26. The number of rotatable bonds is 8. The highest BCUT2D eigenvalue weighted by Crippen LogP contribution is 2.38. The van der Waals surface area contributed by atoms with E-state index >= 15 is 0 Å². The minimum Gasteiger partial charge on any atom is -0.311 e. The molecule has 0 unspecified atom stereocenters. The van der Waals surface area contributed by atoms with Crippen molar-refractivity contribution in [1.82, 2.24) is 0 Å². The van der Waals surface area contributed by atoms with Crippen molar-refractivity contribution in [2.24, 2.45) is 0 Å². The van der Waals surface area contributed by atoms with Gasteiger partial charge in [-0.1, -0.05) is 97.6 Å². The number of hydrogen-bond acceptors (Lipinski definition) is 2. The standard InChI is InChI=1S/C39H32N2/c1-3-31-17-23-36(24-18-31)40(34-12-6-4-7-13-34)37-25-19-32(20-26-37)33-21-27-38(28-22-33)41(35-14-8-5-9-15-35)39-16-10-11-30(2)29-39/h3-29H,1H2,2H3. The summed E-state index contributed by atoms with van der Waals surface area (Å²) >= 11 is 0. The Morgan fingerprint density at radius 1 is 0.415 bits per heavy atom. The van der Waals surface area contributed by atoms with E-state index in [9.17, 15) is 0 Å². The van der Waals surface area contributed by atoms with E-state index < -0.39 is 0 Å². The molecule has 0 heterocycles. The van der Waals surface area contributed by atoms with Gasteiger partial charge in [0, 0.05) is 34.1 Å². The molecule has 0 atom stereocenters. The normalized spacial score (nSPS) is 10.7. The molecule has 198 valence electrons. The third-order valence-corrected chi connectivity index (χ3v) is 7.26. The minimum absolute atomic E-state index is 1.11. The molecule has 6 rings (SSSR count). The first kappa shape index (κ1) is 25.9. The van der Waals surface area contributed by atoms with Gasteiger partial charge in [0.05, 0.1) is 0 Å². The van der Waals surface area contributed by atoms with Crippen molar-refractivity contribution < 1.29 is 0 Å². The maximum atomic E-state index is 3.89. The van der Waals surface area contributed by atoms with Gasteiger partial charge in [0.25, 0.3) is 0 Å². The Bertz CT molecular complexity index is 1720. The molecule has 6 aromatic carbocycles. The number of hydrogen-bond donors (Lipinski definition) is 0. The summed E-state index contributed by atoms with van der Waals surface area (Å²) in [6, 6.07) is 55.7. The zero-order valence-corrected chi connectivity index (χ0v) is 23.2. The summed E-state index contributed by atoms with van der Waals surface area (Å²) in [6.07, 6.45) is 1.87. The van der Waals surface area contributed by atoms with E-state index in [0.717, 1.165) is 39.7 Å². The maximum absolute atomic E-state index is 3.89. The van der Waals surface area contributed by atoms with Crippen LogP contribution in [0.2, 0.25) is 0 Å². The lowest BCUT2D eigenvalue weighted by molar-refractivity contribution is 1.27. The molecule has 41 heavy (non-hydrogen) atoms. The van der Waals surface area contributed by atoms with Crippen molar-refractivity contribution in [3.63, 3.8) is 0 Å². The van der Waals surface area contributed by atoms with Gasteiger partial charge in [-0.25, -0.2) is 0 Å². The highest BCUT2D eigenvalue weighted by Gasteiger charge is 2.14. The Kier molecular flexibility index (Phi) is 7.46. The maximum Gasteiger partial charge on any atom is 0.0464 e. The van der Waals surface area contributed by atoms with E-state index in [1.54, 1.807) is 0 Å². The molecule has 0 saturated heterocycles. The molecule has 0 aliphatic rings. The predicted molar refractivity (Wildman–Crippen MR) is 176 cm³/mol. The van der Waals surface area contributed by atoms with E-state index in [2.05, 4.69) is 175 Å². The van der Waals surface area contributed by atoms with Crippen molar-refractivity contribution in [3.8, 4) is 11.1 Å². The van der Waals surface area contributed by atoms with E-state index in [4.69, 9.17) is 0 Å². The molecule has 0 aliphatic carbocycles. The van der Waals surface area contributed by atoms with Gasteiger partial charge in [-0.2, -0.15) is 0 Å². The number of para-hydroxylation sites is 2. The van der Waals surface area contributed by atoms with Crippen LogP contribution in [0.25, 0.3) is 17.2 Å². The Hall–Kier alpha value is -5.34. The number of benzene rings is 6. The Balaban J connectivity index is 1.31. The Morgan fingerprint density at radius 2 is 0.805 bits per heavy atom. The van der Waals surface area contributed by atoms with Crippen LogP contribution in [0.1, 0.15) is 11.1 Å². The van der Waals surface area contributed by atoms with E-state index in [1.165, 1.54) is 16.7 Å². The fraction of sp³-hybridized carbons (Fsp3) is 0.0256. The fourth-order valence-corrected chi connectivity index (χ4v) is 5.18. The van der Waals surface area contributed by atoms with Crippen LogP contribution in [0.4, 0.5) is 34.1 Å². The first-order valence-electron chi connectivity index (χ1n) is 13.9. The molecule has 0 bridgehead atoms. The lowest BCUT2D eigenvalue weighted by atomic mass is 10.0. The first-order valence-corrected chi connectivity index (χ1v) is 13.9. The first-order chi connectivity index (χ1) is 20.2. The number of nitrogens with zero attached hydrogens (tertiary/aromatic N) is 2.